The predicted octanol–water partition coefficient (Wildman–Crippen LogP) is 0.639. The molecule has 180 valence electrons. The van der Waals surface area contributed by atoms with Crippen LogP contribution in [0.15, 0.2) is 18.5 Å². The summed E-state index contributed by atoms with van der Waals surface area (Å²) in [6.07, 6.45) is 8.50. The molecule has 0 spiro atoms. The maximum Gasteiger partial charge on any atom is 0.234 e. The van der Waals surface area contributed by atoms with Gasteiger partial charge in [0.05, 0.1) is 24.4 Å². The molecule has 0 saturated carbocycles. The van der Waals surface area contributed by atoms with Crippen LogP contribution in [0.1, 0.15) is 50.0 Å². The summed E-state index contributed by atoms with van der Waals surface area (Å²) in [7, 11) is 0. The smallest absolute Gasteiger partial charge is 0.234 e. The highest BCUT2D eigenvalue weighted by Gasteiger charge is 2.30. The maximum atomic E-state index is 12.2. The highest BCUT2D eigenvalue weighted by Crippen LogP contribution is 2.30. The third kappa shape index (κ3) is 6.09. The average molecular weight is 458 g/mol. The largest absolute Gasteiger partial charge is 0.395 e. The number of aromatic nitrogens is 1. The van der Waals surface area contributed by atoms with Crippen molar-refractivity contribution >= 4 is 23.4 Å². The Balaban J connectivity index is 1.23. The van der Waals surface area contributed by atoms with E-state index in [1.54, 1.807) is 6.20 Å². The number of piperidine rings is 3. The zero-order valence-corrected chi connectivity index (χ0v) is 19.2. The Morgan fingerprint density at radius 3 is 2.55 bits per heavy atom. The van der Waals surface area contributed by atoms with Gasteiger partial charge in [-0.1, -0.05) is 0 Å². The minimum atomic E-state index is -0.304. The summed E-state index contributed by atoms with van der Waals surface area (Å²) in [5, 5.41) is 14.1. The van der Waals surface area contributed by atoms with Gasteiger partial charge in [-0.15, -0.1) is 0 Å². The maximum absolute atomic E-state index is 12.2. The molecule has 1 unspecified atom stereocenters. The van der Waals surface area contributed by atoms with E-state index >= 15 is 0 Å². The van der Waals surface area contributed by atoms with E-state index < -0.39 is 0 Å². The third-order valence-corrected chi connectivity index (χ3v) is 7.25. The molecule has 1 atom stereocenters. The SMILES string of the molecule is O=C1CCC(c2cncc(N3CCC(CN4CCC(C(=O)NCCO)CC4)CC3)c2)C(=O)N1. The zero-order valence-electron chi connectivity index (χ0n) is 19.2. The highest BCUT2D eigenvalue weighted by molar-refractivity contribution is 6.00. The van der Waals surface area contributed by atoms with Crippen LogP contribution in [0.25, 0.3) is 0 Å². The van der Waals surface area contributed by atoms with Crippen LogP contribution in [-0.2, 0) is 14.4 Å². The van der Waals surface area contributed by atoms with Crippen molar-refractivity contribution < 1.29 is 19.5 Å². The summed E-state index contributed by atoms with van der Waals surface area (Å²) < 4.78 is 0. The number of imide groups is 1. The first kappa shape index (κ1) is 23.6. The summed E-state index contributed by atoms with van der Waals surface area (Å²) in [4.78, 5) is 45.0. The number of nitrogens with one attached hydrogen (secondary N) is 2. The van der Waals surface area contributed by atoms with Crippen molar-refractivity contribution in [3.8, 4) is 0 Å². The third-order valence-electron chi connectivity index (χ3n) is 7.25. The van der Waals surface area contributed by atoms with Crippen LogP contribution in [0.4, 0.5) is 5.69 Å². The Hall–Kier alpha value is -2.52. The lowest BCUT2D eigenvalue weighted by molar-refractivity contribution is -0.134. The molecule has 0 radical (unpaired) electrons. The van der Waals surface area contributed by atoms with Gasteiger partial charge in [-0.25, -0.2) is 0 Å². The van der Waals surface area contributed by atoms with Crippen molar-refractivity contribution in [3.05, 3.63) is 24.0 Å². The molecule has 9 heteroatoms. The molecule has 4 heterocycles. The molecule has 33 heavy (non-hydrogen) atoms. The minimum absolute atomic E-state index is 0.0133. The first-order valence-corrected chi connectivity index (χ1v) is 12.2. The number of hydrogen-bond donors (Lipinski definition) is 3. The van der Waals surface area contributed by atoms with Crippen molar-refractivity contribution in [1.29, 1.82) is 0 Å². The molecule has 0 aliphatic carbocycles. The van der Waals surface area contributed by atoms with Gasteiger partial charge in [0.15, 0.2) is 0 Å². The van der Waals surface area contributed by atoms with Gasteiger partial charge in [-0.3, -0.25) is 24.7 Å². The van der Waals surface area contributed by atoms with E-state index in [2.05, 4.69) is 31.5 Å². The van der Waals surface area contributed by atoms with Gasteiger partial charge < -0.3 is 20.2 Å². The van der Waals surface area contributed by atoms with Crippen LogP contribution in [0.2, 0.25) is 0 Å². The van der Waals surface area contributed by atoms with Gasteiger partial charge in [0.1, 0.15) is 0 Å². The van der Waals surface area contributed by atoms with Gasteiger partial charge >= 0.3 is 0 Å². The number of rotatable bonds is 7. The number of hydrogen-bond acceptors (Lipinski definition) is 7. The standard InChI is InChI=1S/C24H35N5O4/c30-12-7-26-23(32)18-5-8-28(9-6-18)16-17-3-10-29(11-4-17)20-13-19(14-25-15-20)21-1-2-22(31)27-24(21)33/h13-15,17-18,21,30H,1-12,16H2,(H,26,32)(H,27,31,33). The molecule has 1 aromatic heterocycles. The van der Waals surface area contributed by atoms with Crippen LogP contribution >= 0.6 is 0 Å². The van der Waals surface area contributed by atoms with Crippen molar-refractivity contribution in [2.45, 2.75) is 44.4 Å². The molecule has 9 nitrogen and oxygen atoms in total. The lowest BCUT2D eigenvalue weighted by atomic mass is 9.90. The summed E-state index contributed by atoms with van der Waals surface area (Å²) in [5.41, 5.74) is 1.93. The normalized spacial score (nSPS) is 23.4. The van der Waals surface area contributed by atoms with Crippen LogP contribution < -0.4 is 15.5 Å². The van der Waals surface area contributed by atoms with Gasteiger partial charge in [-0.05, 0) is 62.7 Å². The number of pyridine rings is 1. The Labute approximate surface area is 194 Å². The van der Waals surface area contributed by atoms with E-state index in [4.69, 9.17) is 5.11 Å². The number of nitrogens with zero attached hydrogens (tertiary/aromatic N) is 3. The van der Waals surface area contributed by atoms with E-state index in [-0.39, 0.29) is 36.2 Å². The second kappa shape index (κ2) is 11.1. The number of carbonyl (C=O) groups is 3. The molecule has 3 aliphatic rings. The fourth-order valence-corrected chi connectivity index (χ4v) is 5.26. The van der Waals surface area contributed by atoms with Crippen LogP contribution in [0, 0.1) is 11.8 Å². The Kier molecular flexibility index (Phi) is 7.93. The van der Waals surface area contributed by atoms with Crippen LogP contribution in [0.5, 0.6) is 0 Å². The predicted molar refractivity (Wildman–Crippen MR) is 124 cm³/mol. The summed E-state index contributed by atoms with van der Waals surface area (Å²) in [5.74, 6) is 0.0627. The minimum Gasteiger partial charge on any atom is -0.395 e. The molecule has 4 rings (SSSR count). The van der Waals surface area contributed by atoms with E-state index in [0.717, 1.165) is 69.7 Å². The number of amides is 3. The molecule has 3 fully saturated rings. The first-order chi connectivity index (χ1) is 16.0. The molecule has 3 N–H and O–H groups in total. The van der Waals surface area contributed by atoms with E-state index in [0.29, 0.717) is 25.3 Å². The second-order valence-corrected chi connectivity index (χ2v) is 9.50. The highest BCUT2D eigenvalue weighted by atomic mass is 16.3. The van der Waals surface area contributed by atoms with Crippen LogP contribution in [-0.4, -0.2) is 78.6 Å². The lowest BCUT2D eigenvalue weighted by Gasteiger charge is -2.38. The quantitative estimate of drug-likeness (QED) is 0.515. The second-order valence-electron chi connectivity index (χ2n) is 9.50. The van der Waals surface area contributed by atoms with Gasteiger partial charge in [0.25, 0.3) is 0 Å². The van der Waals surface area contributed by atoms with E-state index in [1.807, 2.05) is 6.20 Å². The number of aliphatic hydroxyl groups is 1. The fourth-order valence-electron chi connectivity index (χ4n) is 5.26. The number of carbonyl (C=O) groups excluding carboxylic acids is 3. The van der Waals surface area contributed by atoms with Crippen molar-refractivity contribution in [2.24, 2.45) is 11.8 Å². The Morgan fingerprint density at radius 2 is 1.85 bits per heavy atom. The monoisotopic (exact) mass is 457 g/mol. The zero-order chi connectivity index (χ0) is 23.2. The van der Waals surface area contributed by atoms with Gasteiger partial charge in [0.2, 0.25) is 17.7 Å². The van der Waals surface area contributed by atoms with Crippen molar-refractivity contribution in [2.75, 3.05) is 50.8 Å². The number of likely N-dealkylation sites (tertiary alicyclic amines) is 1. The molecular weight excluding hydrogens is 422 g/mol. The fraction of sp³-hybridized carbons (Fsp3) is 0.667. The molecule has 0 aromatic carbocycles. The molecule has 3 amide bonds. The lowest BCUT2D eigenvalue weighted by Crippen LogP contribution is -2.44. The Morgan fingerprint density at radius 1 is 1.09 bits per heavy atom. The van der Waals surface area contributed by atoms with E-state index in [1.165, 1.54) is 0 Å². The summed E-state index contributed by atoms with van der Waals surface area (Å²) in [6, 6.07) is 2.06. The van der Waals surface area contributed by atoms with E-state index in [9.17, 15) is 14.4 Å². The molecular formula is C24H35N5O4. The number of aliphatic hydroxyl groups excluding tert-OH is 1. The van der Waals surface area contributed by atoms with Gasteiger partial charge in [-0.2, -0.15) is 0 Å². The average Bonchev–Trinajstić information content (AvgIpc) is 2.83. The molecule has 1 aromatic rings. The summed E-state index contributed by atoms with van der Waals surface area (Å²) in [6.45, 7) is 5.23. The van der Waals surface area contributed by atoms with Crippen LogP contribution in [0.3, 0.4) is 0 Å². The van der Waals surface area contributed by atoms with Crippen molar-refractivity contribution in [3.63, 3.8) is 0 Å². The Bertz CT molecular complexity index is 847. The number of anilines is 1. The molecule has 3 aliphatic heterocycles. The summed E-state index contributed by atoms with van der Waals surface area (Å²) >= 11 is 0. The topological polar surface area (TPSA) is 115 Å². The van der Waals surface area contributed by atoms with Gasteiger partial charge in [0, 0.05) is 44.7 Å². The van der Waals surface area contributed by atoms with Crippen molar-refractivity contribution in [1.82, 2.24) is 20.5 Å². The molecule has 3 saturated heterocycles. The first-order valence-electron chi connectivity index (χ1n) is 12.2. The molecule has 0 bridgehead atoms.